The Morgan fingerprint density at radius 2 is 2.00 bits per heavy atom. The van der Waals surface area contributed by atoms with Gasteiger partial charge in [0.1, 0.15) is 10.8 Å². The van der Waals surface area contributed by atoms with Crippen LogP contribution in [0.4, 0.5) is 0 Å². The SMILES string of the molecule is Cc1ccc(C(C)C)c(Oc2ncc(CCl)cc2Cl)c1. The Labute approximate surface area is 129 Å². The summed E-state index contributed by atoms with van der Waals surface area (Å²) in [5.41, 5.74) is 3.14. The number of pyridine rings is 1. The minimum absolute atomic E-state index is 0.367. The summed E-state index contributed by atoms with van der Waals surface area (Å²) in [5.74, 6) is 1.96. The van der Waals surface area contributed by atoms with Gasteiger partial charge in [-0.3, -0.25) is 0 Å². The fourth-order valence-electron chi connectivity index (χ4n) is 1.92. The Morgan fingerprint density at radius 3 is 2.60 bits per heavy atom. The fourth-order valence-corrected chi connectivity index (χ4v) is 2.30. The van der Waals surface area contributed by atoms with Crippen molar-refractivity contribution in [2.75, 3.05) is 0 Å². The van der Waals surface area contributed by atoms with E-state index < -0.39 is 0 Å². The highest BCUT2D eigenvalue weighted by Crippen LogP contribution is 2.33. The Balaban J connectivity index is 2.36. The Kier molecular flexibility index (Phi) is 4.90. The van der Waals surface area contributed by atoms with Gasteiger partial charge in [0.25, 0.3) is 0 Å². The summed E-state index contributed by atoms with van der Waals surface area (Å²) in [7, 11) is 0. The lowest BCUT2D eigenvalue weighted by atomic mass is 10.0. The average molecular weight is 310 g/mol. The Morgan fingerprint density at radius 1 is 1.25 bits per heavy atom. The molecule has 0 aliphatic rings. The van der Waals surface area contributed by atoms with E-state index in [0.29, 0.717) is 22.7 Å². The highest BCUT2D eigenvalue weighted by atomic mass is 35.5. The highest BCUT2D eigenvalue weighted by Gasteiger charge is 2.12. The molecule has 0 unspecified atom stereocenters. The molecule has 2 rings (SSSR count). The van der Waals surface area contributed by atoms with E-state index in [0.717, 1.165) is 22.4 Å². The number of hydrogen-bond donors (Lipinski definition) is 0. The van der Waals surface area contributed by atoms with Crippen LogP contribution in [0, 0.1) is 6.92 Å². The molecule has 2 nitrogen and oxygen atoms in total. The number of ether oxygens (including phenoxy) is 1. The zero-order chi connectivity index (χ0) is 14.7. The van der Waals surface area contributed by atoms with Crippen LogP contribution in [0.1, 0.15) is 36.5 Å². The van der Waals surface area contributed by atoms with E-state index in [4.69, 9.17) is 27.9 Å². The van der Waals surface area contributed by atoms with Gasteiger partial charge in [0.05, 0.1) is 0 Å². The van der Waals surface area contributed by atoms with Crippen molar-refractivity contribution >= 4 is 23.2 Å². The number of alkyl halides is 1. The molecule has 0 bridgehead atoms. The summed E-state index contributed by atoms with van der Waals surface area (Å²) in [6, 6.07) is 7.94. The Bertz CT molecular complexity index is 611. The second-order valence-corrected chi connectivity index (χ2v) is 5.74. The van der Waals surface area contributed by atoms with E-state index in [9.17, 15) is 0 Å². The predicted octanol–water partition coefficient (Wildman–Crippen LogP) is 5.70. The summed E-state index contributed by atoms with van der Waals surface area (Å²) in [5, 5.41) is 0.472. The lowest BCUT2D eigenvalue weighted by Crippen LogP contribution is -1.97. The number of hydrogen-bond acceptors (Lipinski definition) is 2. The number of halogens is 2. The summed E-state index contributed by atoms with van der Waals surface area (Å²) >= 11 is 11.9. The van der Waals surface area contributed by atoms with Gasteiger partial charge in [-0.2, -0.15) is 0 Å². The van der Waals surface area contributed by atoms with Gasteiger partial charge in [-0.05, 0) is 41.7 Å². The lowest BCUT2D eigenvalue weighted by Gasteiger charge is -2.14. The molecule has 0 N–H and O–H groups in total. The number of rotatable bonds is 4. The quantitative estimate of drug-likeness (QED) is 0.676. The molecule has 2 aromatic rings. The second-order valence-electron chi connectivity index (χ2n) is 5.06. The summed E-state index contributed by atoms with van der Waals surface area (Å²) < 4.78 is 5.90. The van der Waals surface area contributed by atoms with Crippen LogP contribution in [-0.4, -0.2) is 4.98 Å². The van der Waals surface area contributed by atoms with Crippen LogP contribution in [0.2, 0.25) is 5.02 Å². The predicted molar refractivity (Wildman–Crippen MR) is 84.1 cm³/mol. The van der Waals surface area contributed by atoms with Gasteiger partial charge in [0.15, 0.2) is 0 Å². The molecule has 0 aliphatic heterocycles. The zero-order valence-electron chi connectivity index (χ0n) is 11.8. The first-order valence-electron chi connectivity index (χ1n) is 6.50. The third-order valence-electron chi connectivity index (χ3n) is 3.02. The maximum atomic E-state index is 6.18. The van der Waals surface area contributed by atoms with Crippen molar-refractivity contribution in [1.29, 1.82) is 0 Å². The number of nitrogens with zero attached hydrogens (tertiary/aromatic N) is 1. The van der Waals surface area contributed by atoms with Gasteiger partial charge in [-0.1, -0.05) is 37.6 Å². The molecule has 0 spiro atoms. The number of aromatic nitrogens is 1. The van der Waals surface area contributed by atoms with Crippen LogP contribution in [0.3, 0.4) is 0 Å². The Hall–Kier alpha value is -1.25. The topological polar surface area (TPSA) is 22.1 Å². The van der Waals surface area contributed by atoms with Crippen molar-refractivity contribution in [1.82, 2.24) is 4.98 Å². The smallest absolute Gasteiger partial charge is 0.238 e. The molecule has 20 heavy (non-hydrogen) atoms. The summed E-state index contributed by atoms with van der Waals surface area (Å²) in [6.45, 7) is 6.29. The van der Waals surface area contributed by atoms with E-state index in [1.54, 1.807) is 12.3 Å². The van der Waals surface area contributed by atoms with Crippen LogP contribution >= 0.6 is 23.2 Å². The van der Waals surface area contributed by atoms with E-state index in [1.807, 2.05) is 13.0 Å². The minimum atomic E-state index is 0.367. The van der Waals surface area contributed by atoms with Crippen molar-refractivity contribution in [2.45, 2.75) is 32.6 Å². The molecule has 4 heteroatoms. The molecule has 0 aliphatic carbocycles. The van der Waals surface area contributed by atoms with E-state index >= 15 is 0 Å². The molecule has 0 amide bonds. The summed E-state index contributed by atoms with van der Waals surface area (Å²) in [4.78, 5) is 4.24. The highest BCUT2D eigenvalue weighted by molar-refractivity contribution is 6.32. The molecule has 0 atom stereocenters. The third-order valence-corrected chi connectivity index (χ3v) is 3.60. The molecule has 0 radical (unpaired) electrons. The first kappa shape index (κ1) is 15.1. The van der Waals surface area contributed by atoms with Crippen molar-refractivity contribution < 1.29 is 4.74 Å². The van der Waals surface area contributed by atoms with Crippen LogP contribution in [0.15, 0.2) is 30.5 Å². The number of benzene rings is 1. The molecule has 0 saturated heterocycles. The van der Waals surface area contributed by atoms with E-state index in [1.165, 1.54) is 0 Å². The molecule has 0 saturated carbocycles. The monoisotopic (exact) mass is 309 g/mol. The van der Waals surface area contributed by atoms with Crippen LogP contribution < -0.4 is 4.74 Å². The first-order chi connectivity index (χ1) is 9.51. The third kappa shape index (κ3) is 3.44. The van der Waals surface area contributed by atoms with E-state index in [-0.39, 0.29) is 0 Å². The van der Waals surface area contributed by atoms with Crippen LogP contribution in [0.5, 0.6) is 11.6 Å². The molecule has 1 heterocycles. The second kappa shape index (κ2) is 6.47. The fraction of sp³-hybridized carbons (Fsp3) is 0.312. The minimum Gasteiger partial charge on any atom is -0.437 e. The van der Waals surface area contributed by atoms with Gasteiger partial charge < -0.3 is 4.74 Å². The van der Waals surface area contributed by atoms with Crippen LogP contribution in [0.25, 0.3) is 0 Å². The van der Waals surface area contributed by atoms with Crippen molar-refractivity contribution in [3.8, 4) is 11.6 Å². The van der Waals surface area contributed by atoms with Crippen LogP contribution in [-0.2, 0) is 5.88 Å². The standard InChI is InChI=1S/C16H17Cl2NO/c1-10(2)13-5-4-11(3)6-15(13)20-16-14(18)7-12(8-17)9-19-16/h4-7,9-10H,8H2,1-3H3. The van der Waals surface area contributed by atoms with Crippen molar-refractivity contribution in [3.05, 3.63) is 52.2 Å². The molecular weight excluding hydrogens is 293 g/mol. The maximum absolute atomic E-state index is 6.18. The maximum Gasteiger partial charge on any atom is 0.238 e. The normalized spacial score (nSPS) is 10.9. The van der Waals surface area contributed by atoms with E-state index in [2.05, 4.69) is 31.0 Å². The molecule has 1 aromatic carbocycles. The summed E-state index contributed by atoms with van der Waals surface area (Å²) in [6.07, 6.45) is 1.68. The molecular formula is C16H17Cl2NO. The molecule has 106 valence electrons. The van der Waals surface area contributed by atoms with Gasteiger partial charge in [0.2, 0.25) is 5.88 Å². The zero-order valence-corrected chi connectivity index (χ0v) is 13.3. The van der Waals surface area contributed by atoms with Gasteiger partial charge in [-0.25, -0.2) is 4.98 Å². The number of aryl methyl sites for hydroxylation is 1. The van der Waals surface area contributed by atoms with Gasteiger partial charge >= 0.3 is 0 Å². The first-order valence-corrected chi connectivity index (χ1v) is 7.41. The molecule has 0 fully saturated rings. The van der Waals surface area contributed by atoms with Gasteiger partial charge in [0, 0.05) is 12.1 Å². The van der Waals surface area contributed by atoms with Crippen molar-refractivity contribution in [2.24, 2.45) is 0 Å². The average Bonchev–Trinajstić information content (AvgIpc) is 2.40. The molecule has 1 aromatic heterocycles. The lowest BCUT2D eigenvalue weighted by molar-refractivity contribution is 0.454. The largest absolute Gasteiger partial charge is 0.437 e. The van der Waals surface area contributed by atoms with Crippen molar-refractivity contribution in [3.63, 3.8) is 0 Å². The van der Waals surface area contributed by atoms with Gasteiger partial charge in [-0.15, -0.1) is 11.6 Å².